The summed E-state index contributed by atoms with van der Waals surface area (Å²) in [7, 11) is 0. The fourth-order valence-corrected chi connectivity index (χ4v) is 3.34. The molecule has 2 heterocycles. The monoisotopic (exact) mass is 465 g/mol. The number of carbonyl (C=O) groups excluding carboxylic acids is 1. The summed E-state index contributed by atoms with van der Waals surface area (Å²) in [4.78, 5) is 24.9. The Labute approximate surface area is 165 Å². The van der Waals surface area contributed by atoms with E-state index in [0.717, 1.165) is 63.8 Å². The van der Waals surface area contributed by atoms with Crippen molar-refractivity contribution >= 4 is 47.2 Å². The van der Waals surface area contributed by atoms with E-state index in [1.54, 1.807) is 18.3 Å². The highest BCUT2D eigenvalue weighted by Crippen LogP contribution is 2.10. The van der Waals surface area contributed by atoms with E-state index in [0.29, 0.717) is 0 Å². The zero-order chi connectivity index (χ0) is 16.7. The molecule has 1 amide bonds. The number of amides is 1. The van der Waals surface area contributed by atoms with E-state index in [1.807, 2.05) is 4.90 Å². The van der Waals surface area contributed by atoms with Crippen LogP contribution in [0.15, 0.2) is 10.4 Å². The Kier molecular flexibility index (Phi) is 9.57. The highest BCUT2D eigenvalue weighted by atomic mass is 127. The lowest BCUT2D eigenvalue weighted by Crippen LogP contribution is -2.53. The molecule has 0 aliphatic carbocycles. The molecule has 1 fully saturated rings. The zero-order valence-corrected chi connectivity index (χ0v) is 17.9. The molecule has 1 aromatic rings. The van der Waals surface area contributed by atoms with Crippen molar-refractivity contribution in [2.24, 2.45) is 4.99 Å². The third kappa shape index (κ3) is 6.19. The summed E-state index contributed by atoms with van der Waals surface area (Å²) in [6, 6.07) is 0. The number of hydrogen-bond donors (Lipinski definition) is 1. The van der Waals surface area contributed by atoms with Crippen molar-refractivity contribution in [2.45, 2.75) is 33.6 Å². The number of thiazole rings is 1. The maximum atomic E-state index is 11.4. The SMILES string of the molecule is CCNC(=NCCc1csc(CC)n1)N1CCN(C(C)=O)CC1.I. The molecule has 0 atom stereocenters. The van der Waals surface area contributed by atoms with Gasteiger partial charge >= 0.3 is 0 Å². The van der Waals surface area contributed by atoms with Gasteiger partial charge in [0.05, 0.1) is 10.7 Å². The molecule has 1 aliphatic heterocycles. The summed E-state index contributed by atoms with van der Waals surface area (Å²) in [5, 5.41) is 6.68. The van der Waals surface area contributed by atoms with Crippen molar-refractivity contribution < 1.29 is 4.79 Å². The molecule has 0 radical (unpaired) electrons. The van der Waals surface area contributed by atoms with E-state index in [-0.39, 0.29) is 29.9 Å². The molecule has 136 valence electrons. The van der Waals surface area contributed by atoms with Gasteiger partial charge in [-0.2, -0.15) is 0 Å². The smallest absolute Gasteiger partial charge is 0.219 e. The Bertz CT molecular complexity index is 540. The predicted molar refractivity (Wildman–Crippen MR) is 110 cm³/mol. The number of aryl methyl sites for hydroxylation is 1. The molecule has 0 bridgehead atoms. The van der Waals surface area contributed by atoms with Crippen LogP contribution < -0.4 is 5.32 Å². The van der Waals surface area contributed by atoms with Gasteiger partial charge in [-0.15, -0.1) is 35.3 Å². The topological polar surface area (TPSA) is 60.8 Å². The first kappa shape index (κ1) is 21.1. The second kappa shape index (κ2) is 10.9. The summed E-state index contributed by atoms with van der Waals surface area (Å²) >= 11 is 1.73. The molecule has 0 aromatic carbocycles. The Morgan fingerprint density at radius 3 is 2.50 bits per heavy atom. The highest BCUT2D eigenvalue weighted by Gasteiger charge is 2.20. The summed E-state index contributed by atoms with van der Waals surface area (Å²) in [6.45, 7) is 10.6. The third-order valence-corrected chi connectivity index (χ3v) is 4.93. The van der Waals surface area contributed by atoms with Crippen molar-refractivity contribution in [3.63, 3.8) is 0 Å². The fourth-order valence-electron chi connectivity index (χ4n) is 2.56. The quantitative estimate of drug-likeness (QED) is 0.411. The molecular weight excluding hydrogens is 437 g/mol. The Morgan fingerprint density at radius 1 is 1.29 bits per heavy atom. The summed E-state index contributed by atoms with van der Waals surface area (Å²) < 4.78 is 0. The average molecular weight is 465 g/mol. The van der Waals surface area contributed by atoms with Gasteiger partial charge < -0.3 is 15.1 Å². The number of rotatable bonds is 5. The van der Waals surface area contributed by atoms with Crippen LogP contribution in [0.25, 0.3) is 0 Å². The van der Waals surface area contributed by atoms with Gasteiger partial charge in [0.2, 0.25) is 5.91 Å². The van der Waals surface area contributed by atoms with Gasteiger partial charge in [0, 0.05) is 58.0 Å². The molecular formula is C16H28IN5OS. The zero-order valence-electron chi connectivity index (χ0n) is 14.7. The molecule has 8 heteroatoms. The van der Waals surface area contributed by atoms with E-state index >= 15 is 0 Å². The predicted octanol–water partition coefficient (Wildman–Crippen LogP) is 2.00. The summed E-state index contributed by atoms with van der Waals surface area (Å²) in [5.74, 6) is 1.10. The number of nitrogens with zero attached hydrogens (tertiary/aromatic N) is 4. The summed E-state index contributed by atoms with van der Waals surface area (Å²) in [5.41, 5.74) is 1.13. The third-order valence-electron chi connectivity index (χ3n) is 3.89. The Balaban J connectivity index is 0.00000288. The van der Waals surface area contributed by atoms with Gasteiger partial charge in [0.15, 0.2) is 5.96 Å². The minimum Gasteiger partial charge on any atom is -0.357 e. The molecule has 2 rings (SSSR count). The standard InChI is InChI=1S/C16H27N5OS.HI/c1-4-15-19-14(12-23-15)6-7-18-16(17-5-2)21-10-8-20(9-11-21)13(3)22;/h12H,4-11H2,1-3H3,(H,17,18);1H. The van der Waals surface area contributed by atoms with Gasteiger partial charge in [-0.3, -0.25) is 9.79 Å². The first-order chi connectivity index (χ1) is 11.1. The number of halogens is 1. The minimum absolute atomic E-state index is 0. The van der Waals surface area contributed by atoms with Crippen LogP contribution in [0.5, 0.6) is 0 Å². The van der Waals surface area contributed by atoms with Crippen LogP contribution in [0, 0.1) is 0 Å². The molecule has 1 aliphatic rings. The van der Waals surface area contributed by atoms with Crippen LogP contribution in [0.3, 0.4) is 0 Å². The number of piperazine rings is 1. The molecule has 0 spiro atoms. The molecule has 1 aromatic heterocycles. The number of hydrogen-bond acceptors (Lipinski definition) is 4. The Hall–Kier alpha value is -0.900. The second-order valence-corrected chi connectivity index (χ2v) is 6.51. The van der Waals surface area contributed by atoms with Gasteiger partial charge in [-0.25, -0.2) is 4.98 Å². The lowest BCUT2D eigenvalue weighted by Gasteiger charge is -2.36. The largest absolute Gasteiger partial charge is 0.357 e. The van der Waals surface area contributed by atoms with E-state index in [9.17, 15) is 4.79 Å². The van der Waals surface area contributed by atoms with Gasteiger partial charge in [-0.05, 0) is 13.3 Å². The van der Waals surface area contributed by atoms with Gasteiger partial charge in [0.25, 0.3) is 0 Å². The van der Waals surface area contributed by atoms with Crippen LogP contribution in [0.1, 0.15) is 31.5 Å². The van der Waals surface area contributed by atoms with E-state index < -0.39 is 0 Å². The van der Waals surface area contributed by atoms with Crippen molar-refractivity contribution in [2.75, 3.05) is 39.3 Å². The van der Waals surface area contributed by atoms with E-state index in [4.69, 9.17) is 4.99 Å². The molecule has 1 saturated heterocycles. The fraction of sp³-hybridized carbons (Fsp3) is 0.688. The Morgan fingerprint density at radius 2 is 1.96 bits per heavy atom. The number of guanidine groups is 1. The van der Waals surface area contributed by atoms with Crippen LogP contribution in [-0.2, 0) is 17.6 Å². The van der Waals surface area contributed by atoms with Crippen molar-refractivity contribution in [1.82, 2.24) is 20.1 Å². The normalized spacial score (nSPS) is 15.2. The van der Waals surface area contributed by atoms with Crippen LogP contribution >= 0.6 is 35.3 Å². The highest BCUT2D eigenvalue weighted by molar-refractivity contribution is 14.0. The first-order valence-corrected chi connectivity index (χ1v) is 9.24. The number of nitrogens with one attached hydrogen (secondary N) is 1. The van der Waals surface area contributed by atoms with E-state index in [2.05, 4.69) is 34.4 Å². The van der Waals surface area contributed by atoms with Crippen molar-refractivity contribution in [3.8, 4) is 0 Å². The van der Waals surface area contributed by atoms with Gasteiger partial charge in [0.1, 0.15) is 0 Å². The number of aromatic nitrogens is 1. The maximum Gasteiger partial charge on any atom is 0.219 e. The molecule has 1 N–H and O–H groups in total. The van der Waals surface area contributed by atoms with Crippen molar-refractivity contribution in [1.29, 1.82) is 0 Å². The van der Waals surface area contributed by atoms with E-state index in [1.165, 1.54) is 5.01 Å². The molecule has 0 saturated carbocycles. The lowest BCUT2D eigenvalue weighted by molar-refractivity contribution is -0.130. The van der Waals surface area contributed by atoms with Crippen molar-refractivity contribution in [3.05, 3.63) is 16.1 Å². The first-order valence-electron chi connectivity index (χ1n) is 8.36. The maximum absolute atomic E-state index is 11.4. The van der Waals surface area contributed by atoms with Crippen LogP contribution in [0.4, 0.5) is 0 Å². The second-order valence-electron chi connectivity index (χ2n) is 5.56. The minimum atomic E-state index is 0. The number of carbonyl (C=O) groups is 1. The number of aliphatic imine (C=N–C) groups is 1. The van der Waals surface area contributed by atoms with Gasteiger partial charge in [-0.1, -0.05) is 6.92 Å². The molecule has 0 unspecified atom stereocenters. The summed E-state index contributed by atoms with van der Waals surface area (Å²) in [6.07, 6.45) is 1.87. The molecule has 24 heavy (non-hydrogen) atoms. The average Bonchev–Trinajstić information content (AvgIpc) is 3.02. The van der Waals surface area contributed by atoms with Crippen LogP contribution in [-0.4, -0.2) is 65.9 Å². The lowest BCUT2D eigenvalue weighted by atomic mass is 10.3. The molecule has 6 nitrogen and oxygen atoms in total. The van der Waals surface area contributed by atoms with Crippen LogP contribution in [0.2, 0.25) is 0 Å².